The van der Waals surface area contributed by atoms with Gasteiger partial charge in [0.15, 0.2) is 5.76 Å². The molecule has 1 aliphatic heterocycles. The Kier molecular flexibility index (Phi) is 3.16. The fourth-order valence-corrected chi connectivity index (χ4v) is 1.79. The predicted octanol–water partition coefficient (Wildman–Crippen LogP) is 1.30. The van der Waals surface area contributed by atoms with E-state index in [1.54, 1.807) is 30.3 Å². The first-order valence-electron chi connectivity index (χ1n) is 5.28. The maximum atomic E-state index is 12.4. The molecule has 0 aliphatic carbocycles. The summed E-state index contributed by atoms with van der Waals surface area (Å²) in [4.78, 5) is 23.7. The van der Waals surface area contributed by atoms with Crippen LogP contribution in [-0.2, 0) is 19.0 Å². The predicted molar refractivity (Wildman–Crippen MR) is 61.7 cm³/mol. The second kappa shape index (κ2) is 4.62. The summed E-state index contributed by atoms with van der Waals surface area (Å²) < 4.78 is 15.1. The lowest BCUT2D eigenvalue weighted by atomic mass is 10.0. The van der Waals surface area contributed by atoms with Crippen LogP contribution in [0.4, 0.5) is 0 Å². The van der Waals surface area contributed by atoms with Crippen LogP contribution in [0.25, 0.3) is 0 Å². The Bertz CT molecular complexity index is 505. The number of esters is 1. The first-order valence-corrected chi connectivity index (χ1v) is 5.28. The molecule has 1 aliphatic rings. The SMILES string of the molecule is COC1=CC(=O)OC1(OC)C(=O)c1ccccc1. The molecule has 1 heterocycles. The van der Waals surface area contributed by atoms with Gasteiger partial charge in [0.1, 0.15) is 0 Å². The highest BCUT2D eigenvalue weighted by Gasteiger charge is 2.52. The van der Waals surface area contributed by atoms with Gasteiger partial charge in [0.2, 0.25) is 5.78 Å². The molecule has 0 spiro atoms. The lowest BCUT2D eigenvalue weighted by molar-refractivity contribution is -0.182. The number of Topliss-reactive ketones (excluding diaryl/α,β-unsaturated/α-hetero) is 1. The maximum Gasteiger partial charge on any atom is 0.337 e. The van der Waals surface area contributed by atoms with Gasteiger partial charge in [-0.3, -0.25) is 4.79 Å². The fourth-order valence-electron chi connectivity index (χ4n) is 1.79. The van der Waals surface area contributed by atoms with Crippen molar-refractivity contribution in [2.45, 2.75) is 5.79 Å². The molecule has 1 aromatic carbocycles. The summed E-state index contributed by atoms with van der Waals surface area (Å²) in [6.45, 7) is 0. The van der Waals surface area contributed by atoms with Crippen LogP contribution in [0.2, 0.25) is 0 Å². The fraction of sp³-hybridized carbons (Fsp3) is 0.231. The third-order valence-electron chi connectivity index (χ3n) is 2.66. The van der Waals surface area contributed by atoms with Crippen molar-refractivity contribution in [1.82, 2.24) is 0 Å². The van der Waals surface area contributed by atoms with Crippen molar-refractivity contribution in [1.29, 1.82) is 0 Å². The van der Waals surface area contributed by atoms with Gasteiger partial charge in [0, 0.05) is 12.7 Å². The van der Waals surface area contributed by atoms with Crippen LogP contribution in [0.1, 0.15) is 10.4 Å². The van der Waals surface area contributed by atoms with E-state index >= 15 is 0 Å². The third-order valence-corrected chi connectivity index (χ3v) is 2.66. The number of ketones is 1. The van der Waals surface area contributed by atoms with E-state index in [9.17, 15) is 9.59 Å². The molecule has 0 amide bonds. The highest BCUT2D eigenvalue weighted by molar-refractivity contribution is 6.07. The molecule has 94 valence electrons. The van der Waals surface area contributed by atoms with Crippen LogP contribution in [0.3, 0.4) is 0 Å². The van der Waals surface area contributed by atoms with E-state index in [0.29, 0.717) is 5.56 Å². The molecule has 0 fully saturated rings. The lowest BCUT2D eigenvalue weighted by Crippen LogP contribution is -2.44. The number of hydrogen-bond acceptors (Lipinski definition) is 5. The second-order valence-corrected chi connectivity index (χ2v) is 3.65. The van der Waals surface area contributed by atoms with E-state index in [1.807, 2.05) is 0 Å². The third kappa shape index (κ3) is 1.78. The average molecular weight is 248 g/mol. The zero-order valence-electron chi connectivity index (χ0n) is 10.0. The van der Waals surface area contributed by atoms with Crippen LogP contribution in [0, 0.1) is 0 Å². The van der Waals surface area contributed by atoms with Crippen molar-refractivity contribution in [2.24, 2.45) is 0 Å². The molecular weight excluding hydrogens is 236 g/mol. The summed E-state index contributed by atoms with van der Waals surface area (Å²) in [7, 11) is 2.63. The molecule has 1 unspecified atom stereocenters. The van der Waals surface area contributed by atoms with Gasteiger partial charge in [-0.05, 0) is 0 Å². The monoisotopic (exact) mass is 248 g/mol. The molecule has 2 rings (SSSR count). The lowest BCUT2D eigenvalue weighted by Gasteiger charge is -2.26. The normalized spacial score (nSPS) is 22.3. The van der Waals surface area contributed by atoms with Crippen molar-refractivity contribution in [2.75, 3.05) is 14.2 Å². The summed E-state index contributed by atoms with van der Waals surface area (Å²) in [5, 5.41) is 0. The molecular formula is C13H12O5. The quantitative estimate of drug-likeness (QED) is 0.593. The van der Waals surface area contributed by atoms with Gasteiger partial charge in [-0.25, -0.2) is 4.79 Å². The van der Waals surface area contributed by atoms with E-state index in [0.717, 1.165) is 6.08 Å². The molecule has 0 bridgehead atoms. The zero-order chi connectivity index (χ0) is 13.2. The largest absolute Gasteiger partial charge is 0.494 e. The molecule has 0 saturated heterocycles. The van der Waals surface area contributed by atoms with E-state index < -0.39 is 17.5 Å². The minimum absolute atomic E-state index is 0.0452. The van der Waals surface area contributed by atoms with Gasteiger partial charge in [0.05, 0.1) is 13.2 Å². The minimum atomic E-state index is -1.81. The minimum Gasteiger partial charge on any atom is -0.494 e. The van der Waals surface area contributed by atoms with Crippen molar-refractivity contribution in [3.05, 3.63) is 47.7 Å². The molecule has 5 heteroatoms. The molecule has 18 heavy (non-hydrogen) atoms. The first kappa shape index (κ1) is 12.3. The van der Waals surface area contributed by atoms with Gasteiger partial charge in [0.25, 0.3) is 0 Å². The molecule has 5 nitrogen and oxygen atoms in total. The number of carbonyl (C=O) groups excluding carboxylic acids is 2. The maximum absolute atomic E-state index is 12.4. The van der Waals surface area contributed by atoms with Crippen molar-refractivity contribution in [3.8, 4) is 0 Å². The van der Waals surface area contributed by atoms with Crippen LogP contribution >= 0.6 is 0 Å². The van der Waals surface area contributed by atoms with E-state index in [1.165, 1.54) is 14.2 Å². The highest BCUT2D eigenvalue weighted by atomic mass is 16.7. The summed E-state index contributed by atoms with van der Waals surface area (Å²) >= 11 is 0. The van der Waals surface area contributed by atoms with E-state index in [-0.39, 0.29) is 5.76 Å². The first-order chi connectivity index (χ1) is 8.64. The number of carbonyl (C=O) groups is 2. The summed E-state index contributed by atoms with van der Waals surface area (Å²) in [5.41, 5.74) is 0.372. The van der Waals surface area contributed by atoms with Crippen LogP contribution in [-0.4, -0.2) is 31.8 Å². The molecule has 0 aromatic heterocycles. The smallest absolute Gasteiger partial charge is 0.337 e. The number of hydrogen-bond donors (Lipinski definition) is 0. The summed E-state index contributed by atoms with van der Waals surface area (Å²) in [6.07, 6.45) is 1.10. The van der Waals surface area contributed by atoms with Crippen LogP contribution in [0.15, 0.2) is 42.2 Å². The van der Waals surface area contributed by atoms with E-state index in [4.69, 9.17) is 14.2 Å². The van der Waals surface area contributed by atoms with Gasteiger partial charge < -0.3 is 14.2 Å². The van der Waals surface area contributed by atoms with Crippen LogP contribution in [0.5, 0.6) is 0 Å². The Hall–Kier alpha value is -2.14. The second-order valence-electron chi connectivity index (χ2n) is 3.65. The summed E-state index contributed by atoms with van der Waals surface area (Å²) in [6, 6.07) is 8.43. The Morgan fingerprint density at radius 1 is 1.22 bits per heavy atom. The Morgan fingerprint density at radius 3 is 2.44 bits per heavy atom. The summed E-state index contributed by atoms with van der Waals surface area (Å²) in [5.74, 6) is -2.92. The number of methoxy groups -OCH3 is 2. The molecule has 0 saturated carbocycles. The number of cyclic esters (lactones) is 1. The molecule has 0 N–H and O–H groups in total. The van der Waals surface area contributed by atoms with Gasteiger partial charge in [-0.2, -0.15) is 0 Å². The van der Waals surface area contributed by atoms with Crippen molar-refractivity contribution >= 4 is 11.8 Å². The Morgan fingerprint density at radius 2 is 1.89 bits per heavy atom. The highest BCUT2D eigenvalue weighted by Crippen LogP contribution is 2.32. The van der Waals surface area contributed by atoms with E-state index in [2.05, 4.69) is 0 Å². The Labute approximate surface area is 104 Å². The van der Waals surface area contributed by atoms with Crippen molar-refractivity contribution in [3.63, 3.8) is 0 Å². The van der Waals surface area contributed by atoms with Crippen molar-refractivity contribution < 1.29 is 23.8 Å². The average Bonchev–Trinajstić information content (AvgIpc) is 2.76. The molecule has 1 aromatic rings. The number of benzene rings is 1. The number of rotatable bonds is 4. The van der Waals surface area contributed by atoms with Gasteiger partial charge in [-0.1, -0.05) is 30.3 Å². The van der Waals surface area contributed by atoms with Gasteiger partial charge >= 0.3 is 11.8 Å². The Balaban J connectivity index is 2.43. The van der Waals surface area contributed by atoms with Crippen LogP contribution < -0.4 is 0 Å². The topological polar surface area (TPSA) is 61.8 Å². The molecule has 0 radical (unpaired) electrons. The zero-order valence-corrected chi connectivity index (χ0v) is 10.0. The molecule has 1 atom stereocenters. The number of ether oxygens (including phenoxy) is 3. The van der Waals surface area contributed by atoms with Gasteiger partial charge in [-0.15, -0.1) is 0 Å². The standard InChI is InChI=1S/C13H12O5/c1-16-10-8-11(14)18-13(10,17-2)12(15)9-6-4-3-5-7-9/h3-8H,1-2H3.